The molecule has 59 heavy (non-hydrogen) atoms. The number of para-hydroxylation sites is 1. The number of aromatic nitrogens is 6. The van der Waals surface area contributed by atoms with Crippen LogP contribution in [-0.2, 0) is 0 Å². The van der Waals surface area contributed by atoms with Gasteiger partial charge in [0.25, 0.3) is 0 Å². The molecule has 0 N–H and O–H groups in total. The van der Waals surface area contributed by atoms with Crippen LogP contribution in [0.2, 0.25) is 0 Å². The van der Waals surface area contributed by atoms with Crippen LogP contribution in [0.15, 0.2) is 207 Å². The fourth-order valence-electron chi connectivity index (χ4n) is 8.15. The second-order valence-electron chi connectivity index (χ2n) is 14.6. The third kappa shape index (κ3) is 6.29. The number of pyridine rings is 3. The van der Waals surface area contributed by atoms with Crippen molar-refractivity contribution in [3.05, 3.63) is 207 Å². The van der Waals surface area contributed by atoms with Crippen LogP contribution in [0.25, 0.3) is 106 Å². The lowest BCUT2D eigenvalue weighted by Crippen LogP contribution is -1.96. The summed E-state index contributed by atoms with van der Waals surface area (Å²) in [6.45, 7) is 0. The van der Waals surface area contributed by atoms with E-state index in [1.165, 1.54) is 10.8 Å². The van der Waals surface area contributed by atoms with Gasteiger partial charge in [-0.25, -0.2) is 9.97 Å². The molecule has 0 radical (unpaired) electrons. The maximum absolute atomic E-state index is 5.08. The van der Waals surface area contributed by atoms with Gasteiger partial charge in [0, 0.05) is 69.5 Å². The van der Waals surface area contributed by atoms with Crippen LogP contribution < -0.4 is 0 Å². The summed E-state index contributed by atoms with van der Waals surface area (Å²) in [5.74, 6) is 0.686. The highest BCUT2D eigenvalue weighted by atomic mass is 15.0. The predicted octanol–water partition coefficient (Wildman–Crippen LogP) is 12.9. The molecule has 6 nitrogen and oxygen atoms in total. The van der Waals surface area contributed by atoms with E-state index in [9.17, 15) is 0 Å². The number of benzene rings is 6. The van der Waals surface area contributed by atoms with Gasteiger partial charge in [-0.1, -0.05) is 97.1 Å². The quantitative estimate of drug-likeness (QED) is 0.162. The molecule has 6 heteroatoms. The molecular weight excluding hydrogens is 721 g/mol. The first-order chi connectivity index (χ1) is 29.2. The number of fused-ring (bicyclic) bond motifs is 4. The van der Waals surface area contributed by atoms with Crippen molar-refractivity contribution in [2.24, 2.45) is 0 Å². The average molecular weight is 755 g/mol. The molecule has 0 aliphatic heterocycles. The summed E-state index contributed by atoms with van der Waals surface area (Å²) in [5.41, 5.74) is 16.0. The first-order valence-corrected chi connectivity index (χ1v) is 19.6. The van der Waals surface area contributed by atoms with E-state index in [1.807, 2.05) is 73.4 Å². The normalized spacial score (nSPS) is 11.4. The summed E-state index contributed by atoms with van der Waals surface area (Å²) in [6.07, 6.45) is 9.23. The molecule has 11 aromatic rings. The monoisotopic (exact) mass is 754 g/mol. The summed E-state index contributed by atoms with van der Waals surface area (Å²) < 4.78 is 2.37. The van der Waals surface area contributed by atoms with Crippen LogP contribution >= 0.6 is 0 Å². The van der Waals surface area contributed by atoms with Crippen molar-refractivity contribution in [1.82, 2.24) is 29.5 Å². The minimum Gasteiger partial charge on any atom is -0.309 e. The van der Waals surface area contributed by atoms with Crippen LogP contribution in [0, 0.1) is 0 Å². The smallest absolute Gasteiger partial charge is 0.160 e. The van der Waals surface area contributed by atoms with Gasteiger partial charge >= 0.3 is 0 Å². The van der Waals surface area contributed by atoms with E-state index < -0.39 is 0 Å². The third-order valence-electron chi connectivity index (χ3n) is 11.1. The lowest BCUT2D eigenvalue weighted by Gasteiger charge is -2.12. The first-order valence-electron chi connectivity index (χ1n) is 19.6. The van der Waals surface area contributed by atoms with E-state index in [1.54, 1.807) is 0 Å². The van der Waals surface area contributed by atoms with Gasteiger partial charge in [0.1, 0.15) is 0 Å². The minimum absolute atomic E-state index is 0.686. The highest BCUT2D eigenvalue weighted by Gasteiger charge is 2.16. The summed E-state index contributed by atoms with van der Waals surface area (Å²) in [7, 11) is 0. The lowest BCUT2D eigenvalue weighted by atomic mass is 10.0. The van der Waals surface area contributed by atoms with Gasteiger partial charge in [-0.05, 0) is 112 Å². The molecule has 276 valence electrons. The number of hydrogen-bond donors (Lipinski definition) is 0. The van der Waals surface area contributed by atoms with Crippen LogP contribution in [0.4, 0.5) is 0 Å². The van der Waals surface area contributed by atoms with Crippen LogP contribution in [0.5, 0.6) is 0 Å². The van der Waals surface area contributed by atoms with Gasteiger partial charge in [0.05, 0.1) is 27.9 Å². The fraction of sp³-hybridized carbons (Fsp3) is 0. The predicted molar refractivity (Wildman–Crippen MR) is 240 cm³/mol. The number of hydrogen-bond acceptors (Lipinski definition) is 5. The van der Waals surface area contributed by atoms with Crippen molar-refractivity contribution < 1.29 is 0 Å². The second-order valence-corrected chi connectivity index (χ2v) is 14.6. The van der Waals surface area contributed by atoms with Crippen molar-refractivity contribution in [3.63, 3.8) is 0 Å². The molecule has 5 heterocycles. The number of rotatable bonds is 7. The Hall–Kier alpha value is -8.09. The van der Waals surface area contributed by atoms with Crippen LogP contribution in [-0.4, -0.2) is 29.5 Å². The highest BCUT2D eigenvalue weighted by molar-refractivity contribution is 6.11. The largest absolute Gasteiger partial charge is 0.309 e. The van der Waals surface area contributed by atoms with Crippen molar-refractivity contribution in [1.29, 1.82) is 0 Å². The zero-order valence-corrected chi connectivity index (χ0v) is 31.8. The molecule has 0 aliphatic rings. The zero-order valence-electron chi connectivity index (χ0n) is 31.8. The van der Waals surface area contributed by atoms with E-state index >= 15 is 0 Å². The summed E-state index contributed by atoms with van der Waals surface area (Å²) in [6, 6.07) is 61.7. The maximum atomic E-state index is 5.08. The Balaban J connectivity index is 0.963. The van der Waals surface area contributed by atoms with E-state index in [0.29, 0.717) is 5.82 Å². The Morgan fingerprint density at radius 1 is 0.339 bits per heavy atom. The Kier molecular flexibility index (Phi) is 8.37. The summed E-state index contributed by atoms with van der Waals surface area (Å²) >= 11 is 0. The second kappa shape index (κ2) is 14.4. The molecule has 0 amide bonds. The van der Waals surface area contributed by atoms with Crippen molar-refractivity contribution in [2.75, 3.05) is 0 Å². The molecule has 0 unspecified atom stereocenters. The van der Waals surface area contributed by atoms with Gasteiger partial charge in [-0.2, -0.15) is 0 Å². The Morgan fingerprint density at radius 3 is 1.51 bits per heavy atom. The molecule has 0 bridgehead atoms. The minimum atomic E-state index is 0.686. The maximum Gasteiger partial charge on any atom is 0.160 e. The fourth-order valence-corrected chi connectivity index (χ4v) is 8.15. The van der Waals surface area contributed by atoms with E-state index in [2.05, 4.69) is 153 Å². The topological polar surface area (TPSA) is 69.4 Å². The Morgan fingerprint density at radius 2 is 0.864 bits per heavy atom. The molecule has 5 aromatic heterocycles. The SMILES string of the molecule is c1ccc(-c2nc(-c3ccc(-c4ccc(-n5c6ccc(-c7ccncc7)cc6c6cc(-c7ccncc7)ccc65)cc4)cc3)cc(-c3ccnc4ccccc34)n2)cc1. The lowest BCUT2D eigenvalue weighted by molar-refractivity contribution is 1.18. The van der Waals surface area contributed by atoms with Gasteiger partial charge < -0.3 is 4.57 Å². The summed E-state index contributed by atoms with van der Waals surface area (Å²) in [5, 5.41) is 3.46. The third-order valence-corrected chi connectivity index (χ3v) is 11.1. The summed E-state index contributed by atoms with van der Waals surface area (Å²) in [4.78, 5) is 23.2. The molecule has 11 rings (SSSR count). The molecule has 0 spiro atoms. The molecule has 6 aromatic carbocycles. The first kappa shape index (κ1) is 34.2. The molecular formula is C53H34N6. The van der Waals surface area contributed by atoms with Gasteiger partial charge in [0.2, 0.25) is 0 Å². The van der Waals surface area contributed by atoms with Crippen molar-refractivity contribution in [2.45, 2.75) is 0 Å². The van der Waals surface area contributed by atoms with Gasteiger partial charge in [0.15, 0.2) is 5.82 Å². The van der Waals surface area contributed by atoms with E-state index in [4.69, 9.17) is 9.97 Å². The van der Waals surface area contributed by atoms with Gasteiger partial charge in [-0.3, -0.25) is 15.0 Å². The van der Waals surface area contributed by atoms with E-state index in [-0.39, 0.29) is 0 Å². The van der Waals surface area contributed by atoms with Crippen LogP contribution in [0.1, 0.15) is 0 Å². The van der Waals surface area contributed by atoms with Crippen molar-refractivity contribution in [3.8, 4) is 73.0 Å². The molecule has 0 aliphatic carbocycles. The highest BCUT2D eigenvalue weighted by Crippen LogP contribution is 2.38. The molecule has 0 saturated heterocycles. The zero-order chi connectivity index (χ0) is 39.1. The standard InChI is InChI=1S/C53H34N6/c1-2-6-40(7-3-1)53-57-49(34-50(58-53)45-26-31-56-48-9-5-4-8-44(45)48)39-12-10-35(11-13-39)36-14-18-43(19-15-36)59-51-20-16-41(37-22-27-54-28-23-37)32-46(51)47-33-42(17-21-52(47)59)38-24-29-55-30-25-38/h1-34H. The van der Waals surface area contributed by atoms with Crippen LogP contribution in [0.3, 0.4) is 0 Å². The molecule has 0 saturated carbocycles. The molecule has 0 atom stereocenters. The Bertz CT molecular complexity index is 3190. The van der Waals surface area contributed by atoms with Crippen molar-refractivity contribution >= 4 is 32.7 Å². The Labute approximate surface area is 340 Å². The molecule has 0 fully saturated rings. The van der Waals surface area contributed by atoms with Gasteiger partial charge in [-0.15, -0.1) is 0 Å². The van der Waals surface area contributed by atoms with E-state index in [0.717, 1.165) is 89.1 Å². The average Bonchev–Trinajstić information content (AvgIpc) is 3.65. The number of nitrogens with zero attached hydrogens (tertiary/aromatic N) is 6.